The van der Waals surface area contributed by atoms with Gasteiger partial charge in [-0.05, 0) is 52.7 Å². The van der Waals surface area contributed by atoms with Crippen LogP contribution in [0.15, 0.2) is 30.3 Å². The second kappa shape index (κ2) is 8.99. The lowest BCUT2D eigenvalue weighted by Gasteiger charge is -2.36. The molecule has 0 aromatic heterocycles. The van der Waals surface area contributed by atoms with Gasteiger partial charge in [-0.25, -0.2) is 0 Å². The first kappa shape index (κ1) is 19.4. The summed E-state index contributed by atoms with van der Waals surface area (Å²) in [5.74, 6) is 0.178. The zero-order chi connectivity index (χ0) is 18.4. The smallest absolute Gasteiger partial charge is 0.251 e. The summed E-state index contributed by atoms with van der Waals surface area (Å²) in [4.78, 5) is 28.9. The van der Waals surface area contributed by atoms with E-state index in [9.17, 15) is 9.59 Å². The molecule has 1 aliphatic heterocycles. The number of nitrogens with one attached hydrogen (secondary N) is 1. The van der Waals surface area contributed by atoms with Crippen LogP contribution in [0.4, 0.5) is 0 Å². The van der Waals surface area contributed by atoms with Crippen molar-refractivity contribution in [3.63, 3.8) is 0 Å². The fourth-order valence-electron chi connectivity index (χ4n) is 3.54. The van der Waals surface area contributed by atoms with Crippen molar-refractivity contribution in [1.82, 2.24) is 15.1 Å². The largest absolute Gasteiger partial charge is 0.349 e. The normalized spacial score (nSPS) is 16.2. The van der Waals surface area contributed by atoms with E-state index < -0.39 is 0 Å². The van der Waals surface area contributed by atoms with Crippen molar-refractivity contribution in [3.05, 3.63) is 35.9 Å². The van der Waals surface area contributed by atoms with Crippen molar-refractivity contribution >= 4 is 11.8 Å². The summed E-state index contributed by atoms with van der Waals surface area (Å²) in [6.45, 7) is 10.4. The molecule has 1 N–H and O–H groups in total. The number of piperidine rings is 1. The van der Waals surface area contributed by atoms with Gasteiger partial charge < -0.3 is 10.2 Å². The van der Waals surface area contributed by atoms with E-state index >= 15 is 0 Å². The van der Waals surface area contributed by atoms with Crippen LogP contribution in [0.1, 0.15) is 50.9 Å². The zero-order valence-corrected chi connectivity index (χ0v) is 15.9. The Hall–Kier alpha value is -1.88. The highest BCUT2D eigenvalue weighted by Gasteiger charge is 2.26. The van der Waals surface area contributed by atoms with Crippen molar-refractivity contribution in [1.29, 1.82) is 0 Å². The molecular weight excluding hydrogens is 314 g/mol. The first-order valence-electron chi connectivity index (χ1n) is 9.28. The van der Waals surface area contributed by atoms with Crippen molar-refractivity contribution in [2.24, 2.45) is 0 Å². The number of nitrogens with zero attached hydrogens (tertiary/aromatic N) is 2. The average molecular weight is 345 g/mol. The zero-order valence-electron chi connectivity index (χ0n) is 15.9. The van der Waals surface area contributed by atoms with Crippen molar-refractivity contribution < 1.29 is 9.59 Å². The molecule has 1 aromatic carbocycles. The summed E-state index contributed by atoms with van der Waals surface area (Å²) in [6, 6.07) is 9.93. The highest BCUT2D eigenvalue weighted by atomic mass is 16.2. The molecule has 1 aromatic rings. The second-order valence-electron chi connectivity index (χ2n) is 7.38. The van der Waals surface area contributed by atoms with Crippen LogP contribution >= 0.6 is 0 Å². The standard InChI is InChI=1S/C20H31N3O2/c1-15(2)23(16(3)4)19(24)14-22-12-10-18(11-13-22)21-20(25)17-8-6-5-7-9-17/h5-9,15-16,18H,10-14H2,1-4H3,(H,21,25). The Bertz CT molecular complexity index is 556. The molecule has 1 aliphatic rings. The Labute approximate surface area is 151 Å². The molecule has 2 amide bonds. The molecule has 0 unspecified atom stereocenters. The van der Waals surface area contributed by atoms with Gasteiger partial charge in [0.2, 0.25) is 5.91 Å². The van der Waals surface area contributed by atoms with Crippen LogP contribution in [0.5, 0.6) is 0 Å². The molecule has 1 heterocycles. The minimum Gasteiger partial charge on any atom is -0.349 e. The van der Waals surface area contributed by atoms with Gasteiger partial charge in [-0.1, -0.05) is 18.2 Å². The maximum atomic E-state index is 12.6. The Morgan fingerprint density at radius 1 is 1.08 bits per heavy atom. The Morgan fingerprint density at radius 2 is 1.64 bits per heavy atom. The molecule has 5 heteroatoms. The van der Waals surface area contributed by atoms with Crippen LogP contribution in [0.25, 0.3) is 0 Å². The average Bonchev–Trinajstić information content (AvgIpc) is 2.56. The maximum Gasteiger partial charge on any atom is 0.251 e. The van der Waals surface area contributed by atoms with E-state index in [1.54, 1.807) is 0 Å². The lowest BCUT2D eigenvalue weighted by atomic mass is 10.0. The summed E-state index contributed by atoms with van der Waals surface area (Å²) in [5.41, 5.74) is 0.699. The van der Waals surface area contributed by atoms with Crippen molar-refractivity contribution in [3.8, 4) is 0 Å². The molecule has 0 spiro atoms. The highest BCUT2D eigenvalue weighted by molar-refractivity contribution is 5.94. The van der Waals surface area contributed by atoms with Gasteiger partial charge in [0.25, 0.3) is 5.91 Å². The summed E-state index contributed by atoms with van der Waals surface area (Å²) in [7, 11) is 0. The van der Waals surface area contributed by atoms with Gasteiger partial charge in [0.15, 0.2) is 0 Å². The molecule has 0 saturated carbocycles. The minimum atomic E-state index is -0.0130. The molecule has 0 atom stereocenters. The van der Waals surface area contributed by atoms with Gasteiger partial charge >= 0.3 is 0 Å². The predicted octanol–water partition coefficient (Wildman–Crippen LogP) is 2.53. The molecule has 138 valence electrons. The summed E-state index contributed by atoms with van der Waals surface area (Å²) >= 11 is 0. The number of rotatable bonds is 6. The topological polar surface area (TPSA) is 52.7 Å². The van der Waals surface area contributed by atoms with Gasteiger partial charge in [0, 0.05) is 36.8 Å². The van der Waals surface area contributed by atoms with E-state index in [1.165, 1.54) is 0 Å². The van der Waals surface area contributed by atoms with Crippen LogP contribution < -0.4 is 5.32 Å². The number of carbonyl (C=O) groups excluding carboxylic acids is 2. The minimum absolute atomic E-state index is 0.0130. The van der Waals surface area contributed by atoms with Crippen LogP contribution in [0, 0.1) is 0 Å². The number of likely N-dealkylation sites (tertiary alicyclic amines) is 1. The molecule has 1 fully saturated rings. The third-order valence-corrected chi connectivity index (χ3v) is 4.72. The Kier molecular flexibility index (Phi) is 7.00. The quantitative estimate of drug-likeness (QED) is 0.862. The second-order valence-corrected chi connectivity index (χ2v) is 7.38. The van der Waals surface area contributed by atoms with Crippen LogP contribution in [-0.4, -0.2) is 59.4 Å². The first-order valence-corrected chi connectivity index (χ1v) is 9.28. The number of benzene rings is 1. The van der Waals surface area contributed by atoms with E-state index in [1.807, 2.05) is 35.2 Å². The molecule has 1 saturated heterocycles. The maximum absolute atomic E-state index is 12.6. The van der Waals surface area contributed by atoms with E-state index in [0.29, 0.717) is 12.1 Å². The van der Waals surface area contributed by atoms with Crippen LogP contribution in [0.2, 0.25) is 0 Å². The predicted molar refractivity (Wildman–Crippen MR) is 100 cm³/mol. The molecule has 0 bridgehead atoms. The first-order chi connectivity index (χ1) is 11.9. The fourth-order valence-corrected chi connectivity index (χ4v) is 3.54. The molecular formula is C20H31N3O2. The van der Waals surface area contributed by atoms with Crippen LogP contribution in [0.3, 0.4) is 0 Å². The van der Waals surface area contributed by atoms with Crippen molar-refractivity contribution in [2.45, 2.75) is 58.7 Å². The van der Waals surface area contributed by atoms with E-state index in [2.05, 4.69) is 37.9 Å². The highest BCUT2D eigenvalue weighted by Crippen LogP contribution is 2.13. The SMILES string of the molecule is CC(C)N(C(=O)CN1CCC(NC(=O)c2ccccc2)CC1)C(C)C. The van der Waals surface area contributed by atoms with Gasteiger partial charge in [-0.3, -0.25) is 14.5 Å². The van der Waals surface area contributed by atoms with E-state index in [0.717, 1.165) is 25.9 Å². The van der Waals surface area contributed by atoms with Gasteiger partial charge in [0.05, 0.1) is 6.54 Å². The summed E-state index contributed by atoms with van der Waals surface area (Å²) < 4.78 is 0. The summed E-state index contributed by atoms with van der Waals surface area (Å²) in [6.07, 6.45) is 1.77. The lowest BCUT2D eigenvalue weighted by molar-refractivity contribution is -0.136. The fraction of sp³-hybridized carbons (Fsp3) is 0.600. The summed E-state index contributed by atoms with van der Waals surface area (Å²) in [5, 5.41) is 3.11. The van der Waals surface area contributed by atoms with E-state index in [4.69, 9.17) is 0 Å². The molecule has 25 heavy (non-hydrogen) atoms. The van der Waals surface area contributed by atoms with Gasteiger partial charge in [-0.2, -0.15) is 0 Å². The number of amides is 2. The lowest BCUT2D eigenvalue weighted by Crippen LogP contribution is -2.50. The molecule has 2 rings (SSSR count). The van der Waals surface area contributed by atoms with Crippen LogP contribution in [-0.2, 0) is 4.79 Å². The van der Waals surface area contributed by atoms with Gasteiger partial charge in [-0.15, -0.1) is 0 Å². The molecule has 5 nitrogen and oxygen atoms in total. The van der Waals surface area contributed by atoms with E-state index in [-0.39, 0.29) is 29.9 Å². The Balaban J connectivity index is 1.79. The number of hydrogen-bond donors (Lipinski definition) is 1. The Morgan fingerprint density at radius 3 is 2.16 bits per heavy atom. The van der Waals surface area contributed by atoms with Crippen molar-refractivity contribution in [2.75, 3.05) is 19.6 Å². The molecule has 0 radical (unpaired) electrons. The number of hydrogen-bond acceptors (Lipinski definition) is 3. The monoisotopic (exact) mass is 345 g/mol. The van der Waals surface area contributed by atoms with Gasteiger partial charge in [0.1, 0.15) is 0 Å². The third-order valence-electron chi connectivity index (χ3n) is 4.72. The number of carbonyl (C=O) groups is 2. The molecule has 0 aliphatic carbocycles. The third kappa shape index (κ3) is 5.56.